The minimum absolute atomic E-state index is 0.162. The number of ether oxygens (including phenoxy) is 1. The van der Waals surface area contributed by atoms with Gasteiger partial charge in [-0.3, -0.25) is 13.6 Å². The Kier molecular flexibility index (Phi) is 10.7. The van der Waals surface area contributed by atoms with Gasteiger partial charge in [-0.25, -0.2) is 24.7 Å². The van der Waals surface area contributed by atoms with Crippen molar-refractivity contribution in [3.63, 3.8) is 0 Å². The summed E-state index contributed by atoms with van der Waals surface area (Å²) in [7, 11) is 9.77. The van der Waals surface area contributed by atoms with Gasteiger partial charge in [-0.2, -0.15) is 0 Å². The number of carbonyl (C=O) groups is 2. The van der Waals surface area contributed by atoms with Gasteiger partial charge in [0.2, 0.25) is 0 Å². The van der Waals surface area contributed by atoms with Gasteiger partial charge in [0.1, 0.15) is 28.5 Å². The number of aromatic nitrogens is 6. The number of para-hydroxylation sites is 4. The highest BCUT2D eigenvalue weighted by atomic mass is 16.5. The minimum Gasteiger partial charge on any atom is -0.462 e. The third-order valence-corrected chi connectivity index (χ3v) is 9.13. The van der Waals surface area contributed by atoms with Crippen molar-refractivity contribution in [3.8, 4) is 0 Å². The molecule has 8 rings (SSSR count). The third-order valence-electron chi connectivity index (χ3n) is 9.13. The first kappa shape index (κ1) is 37.0. The first-order chi connectivity index (χ1) is 26.7. The molecule has 6 heterocycles. The number of nitrogens with zero attached hydrogens (tertiary/aromatic N) is 8. The van der Waals surface area contributed by atoms with Gasteiger partial charge in [0, 0.05) is 44.0 Å². The lowest BCUT2D eigenvalue weighted by Crippen LogP contribution is -2.21. The van der Waals surface area contributed by atoms with Gasteiger partial charge in [0.25, 0.3) is 5.91 Å². The number of nitrogens with one attached hydrogen (secondary N) is 3. The van der Waals surface area contributed by atoms with Crippen molar-refractivity contribution >= 4 is 78.9 Å². The standard InChI is InChI=1S/C21H23N5O2.C20H22N6O/c1-4-28-21(27)15-13-14-9-10-18(22-11-12-25(2)3)24-19(14)26-17-8-6-5-7-16(17)23-20(15)26;1-21-20(27)14-12-13-8-9-17(22-10-11-25(2)3)24-18(13)26-16-7-5-4-6-15(16)23-19(14)26/h5-10,13H,4,11-12H2,1-3H3,(H,22,24);4-9,12H,10-11H2,1-3H3,(H,21,27)(H,22,24). The van der Waals surface area contributed by atoms with Gasteiger partial charge in [0.05, 0.1) is 34.2 Å². The van der Waals surface area contributed by atoms with Gasteiger partial charge < -0.3 is 30.5 Å². The van der Waals surface area contributed by atoms with Crippen LogP contribution in [0.5, 0.6) is 0 Å². The lowest BCUT2D eigenvalue weighted by molar-refractivity contribution is 0.0528. The average molecular weight is 740 g/mol. The van der Waals surface area contributed by atoms with Crippen LogP contribution in [0.2, 0.25) is 0 Å². The van der Waals surface area contributed by atoms with Crippen LogP contribution >= 0.6 is 0 Å². The van der Waals surface area contributed by atoms with E-state index in [-0.39, 0.29) is 11.9 Å². The number of hydrogen-bond donors (Lipinski definition) is 3. The van der Waals surface area contributed by atoms with Gasteiger partial charge in [-0.05, 0) is 95.8 Å². The maximum absolute atomic E-state index is 12.5. The number of benzene rings is 2. The second kappa shape index (κ2) is 15.9. The average Bonchev–Trinajstić information content (AvgIpc) is 3.77. The fourth-order valence-corrected chi connectivity index (χ4v) is 6.46. The zero-order valence-electron chi connectivity index (χ0n) is 31.9. The van der Waals surface area contributed by atoms with E-state index in [1.807, 2.05) is 122 Å². The normalized spacial score (nSPS) is 11.6. The SMILES string of the molecule is CCOC(=O)c1cc2ccc(NCCN(C)C)nc2n2c1nc1ccccc12.CNC(=O)c1cc2ccc(NCCN(C)C)nc2n2c1nc1ccccc12. The number of hydrogen-bond acceptors (Lipinski definition) is 11. The van der Waals surface area contributed by atoms with Gasteiger partial charge in [-0.1, -0.05) is 24.3 Å². The molecule has 8 aromatic rings. The quantitative estimate of drug-likeness (QED) is 0.144. The van der Waals surface area contributed by atoms with E-state index in [1.54, 1.807) is 14.0 Å². The number of rotatable bonds is 11. The number of carbonyl (C=O) groups excluding carboxylic acids is 2. The van der Waals surface area contributed by atoms with E-state index in [0.717, 1.165) is 81.9 Å². The van der Waals surface area contributed by atoms with Crippen LogP contribution in [0.25, 0.3) is 55.4 Å². The fourth-order valence-electron chi connectivity index (χ4n) is 6.46. The molecule has 0 saturated carbocycles. The molecule has 0 aliphatic heterocycles. The smallest absolute Gasteiger partial charge is 0.341 e. The highest BCUT2D eigenvalue weighted by Gasteiger charge is 2.20. The molecule has 0 aliphatic carbocycles. The van der Waals surface area contributed by atoms with Crippen LogP contribution in [0.15, 0.2) is 84.9 Å². The summed E-state index contributed by atoms with van der Waals surface area (Å²) in [5.41, 5.74) is 7.18. The molecular formula is C41H45N11O3. The van der Waals surface area contributed by atoms with Crippen molar-refractivity contribution < 1.29 is 14.3 Å². The van der Waals surface area contributed by atoms with E-state index in [4.69, 9.17) is 14.7 Å². The molecule has 55 heavy (non-hydrogen) atoms. The topological polar surface area (TPSA) is 146 Å². The van der Waals surface area contributed by atoms with Crippen LogP contribution in [0.1, 0.15) is 27.6 Å². The van der Waals surface area contributed by atoms with Crippen molar-refractivity contribution in [2.75, 3.05) is 78.7 Å². The fraction of sp³-hybridized carbons (Fsp3) is 0.268. The Balaban J connectivity index is 0.000000169. The van der Waals surface area contributed by atoms with Gasteiger partial charge >= 0.3 is 5.97 Å². The summed E-state index contributed by atoms with van der Waals surface area (Å²) in [5, 5.41) is 11.2. The lowest BCUT2D eigenvalue weighted by Gasteiger charge is -2.12. The molecule has 0 unspecified atom stereocenters. The Morgan fingerprint density at radius 3 is 1.58 bits per heavy atom. The van der Waals surface area contributed by atoms with Crippen LogP contribution in [0.3, 0.4) is 0 Å². The Morgan fingerprint density at radius 1 is 0.636 bits per heavy atom. The molecule has 3 N–H and O–H groups in total. The molecule has 1 amide bonds. The molecule has 2 aromatic carbocycles. The van der Waals surface area contributed by atoms with Crippen LogP contribution in [0, 0.1) is 0 Å². The van der Waals surface area contributed by atoms with Crippen molar-refractivity contribution in [2.45, 2.75) is 6.92 Å². The molecule has 0 atom stereocenters. The van der Waals surface area contributed by atoms with Crippen LogP contribution < -0.4 is 16.0 Å². The molecule has 0 saturated heterocycles. The van der Waals surface area contributed by atoms with E-state index in [9.17, 15) is 9.59 Å². The monoisotopic (exact) mass is 739 g/mol. The second-order valence-corrected chi connectivity index (χ2v) is 13.6. The highest BCUT2D eigenvalue weighted by Crippen LogP contribution is 2.28. The van der Waals surface area contributed by atoms with Crippen molar-refractivity contribution in [1.82, 2.24) is 43.9 Å². The van der Waals surface area contributed by atoms with Crippen LogP contribution in [0.4, 0.5) is 11.6 Å². The second-order valence-electron chi connectivity index (χ2n) is 13.6. The van der Waals surface area contributed by atoms with Crippen LogP contribution in [-0.4, -0.2) is 118 Å². The Bertz CT molecular complexity index is 2680. The lowest BCUT2D eigenvalue weighted by atomic mass is 10.2. The first-order valence-electron chi connectivity index (χ1n) is 18.2. The summed E-state index contributed by atoms with van der Waals surface area (Å²) < 4.78 is 9.15. The Morgan fingerprint density at radius 2 is 1.11 bits per heavy atom. The number of fused-ring (bicyclic) bond motifs is 10. The molecule has 6 aromatic heterocycles. The van der Waals surface area contributed by atoms with Crippen molar-refractivity contribution in [2.24, 2.45) is 0 Å². The molecule has 0 fully saturated rings. The number of amides is 1. The summed E-state index contributed by atoms with van der Waals surface area (Å²) in [6.45, 7) is 5.53. The van der Waals surface area contributed by atoms with Gasteiger partial charge in [-0.15, -0.1) is 0 Å². The predicted molar refractivity (Wildman–Crippen MR) is 219 cm³/mol. The number of anilines is 2. The maximum Gasteiger partial charge on any atom is 0.341 e. The molecular weight excluding hydrogens is 695 g/mol. The number of imidazole rings is 2. The Labute approximate surface area is 318 Å². The van der Waals surface area contributed by atoms with Crippen molar-refractivity contribution in [3.05, 3.63) is 96.1 Å². The molecule has 14 nitrogen and oxygen atoms in total. The number of likely N-dealkylation sites (N-methyl/N-ethyl adjacent to an activating group) is 2. The molecule has 0 aliphatic rings. The molecule has 0 spiro atoms. The van der Waals surface area contributed by atoms with E-state index in [2.05, 4.69) is 35.7 Å². The van der Waals surface area contributed by atoms with E-state index >= 15 is 0 Å². The van der Waals surface area contributed by atoms with E-state index < -0.39 is 0 Å². The highest BCUT2D eigenvalue weighted by molar-refractivity contribution is 6.06. The minimum atomic E-state index is -0.377. The van der Waals surface area contributed by atoms with Gasteiger partial charge in [0.15, 0.2) is 11.3 Å². The predicted octanol–water partition coefficient (Wildman–Crippen LogP) is 5.55. The summed E-state index contributed by atoms with van der Waals surface area (Å²) in [6, 6.07) is 27.1. The largest absolute Gasteiger partial charge is 0.462 e. The summed E-state index contributed by atoms with van der Waals surface area (Å²) in [6.07, 6.45) is 0. The zero-order valence-corrected chi connectivity index (χ0v) is 31.9. The number of pyridine rings is 4. The zero-order chi connectivity index (χ0) is 38.6. The molecule has 282 valence electrons. The summed E-state index contributed by atoms with van der Waals surface area (Å²) in [4.78, 5) is 48.2. The van der Waals surface area contributed by atoms with Crippen LogP contribution in [-0.2, 0) is 4.74 Å². The first-order valence-corrected chi connectivity index (χ1v) is 18.2. The number of esters is 1. The van der Waals surface area contributed by atoms with E-state index in [0.29, 0.717) is 29.0 Å². The third kappa shape index (κ3) is 7.54. The summed E-state index contributed by atoms with van der Waals surface area (Å²) >= 11 is 0. The molecule has 14 heteroatoms. The Hall–Kier alpha value is -6.38. The van der Waals surface area contributed by atoms with Crippen molar-refractivity contribution in [1.29, 1.82) is 0 Å². The molecule has 0 bridgehead atoms. The summed E-state index contributed by atoms with van der Waals surface area (Å²) in [5.74, 6) is 1.05. The van der Waals surface area contributed by atoms with E-state index in [1.165, 1.54) is 0 Å². The molecule has 0 radical (unpaired) electrons. The maximum atomic E-state index is 12.5.